The quantitative estimate of drug-likeness (QED) is 0.646. The van der Waals surface area contributed by atoms with E-state index in [9.17, 15) is 5.11 Å². The molecule has 1 fully saturated rings. The van der Waals surface area contributed by atoms with Gasteiger partial charge < -0.3 is 14.8 Å². The van der Waals surface area contributed by atoms with Gasteiger partial charge in [-0.05, 0) is 45.7 Å². The second-order valence-corrected chi connectivity index (χ2v) is 4.64. The molecule has 0 radical (unpaired) electrons. The number of likely N-dealkylation sites (tertiary alicyclic amines) is 1. The summed E-state index contributed by atoms with van der Waals surface area (Å²) < 4.78 is 0. The maximum absolute atomic E-state index is 9.84. The fourth-order valence-electron chi connectivity index (χ4n) is 2.04. The maximum atomic E-state index is 9.84. The van der Waals surface area contributed by atoms with Gasteiger partial charge in [0.2, 0.25) is 0 Å². The number of nitrogens with two attached hydrogens (primary N) is 1. The van der Waals surface area contributed by atoms with E-state index in [0.29, 0.717) is 12.5 Å². The van der Waals surface area contributed by atoms with Gasteiger partial charge in [0, 0.05) is 6.54 Å². The highest BCUT2D eigenvalue weighted by atomic mass is 16.6. The van der Waals surface area contributed by atoms with Crippen LogP contribution in [-0.2, 0) is 4.84 Å². The molecule has 0 saturated carbocycles. The van der Waals surface area contributed by atoms with Crippen molar-refractivity contribution in [3.8, 4) is 0 Å². The van der Waals surface area contributed by atoms with Crippen LogP contribution >= 0.6 is 0 Å². The summed E-state index contributed by atoms with van der Waals surface area (Å²) in [6.07, 6.45) is 2.13. The molecule has 0 amide bonds. The highest BCUT2D eigenvalue weighted by Crippen LogP contribution is 2.27. The van der Waals surface area contributed by atoms with Gasteiger partial charge in [-0.2, -0.15) is 0 Å². The topological polar surface area (TPSA) is 58.7 Å². The summed E-state index contributed by atoms with van der Waals surface area (Å²) in [5, 5.41) is 9.84. The third-order valence-corrected chi connectivity index (χ3v) is 3.11. The average Bonchev–Trinajstić information content (AvgIpc) is 2.14. The minimum atomic E-state index is -0.531. The third kappa shape index (κ3) is 3.53. The van der Waals surface area contributed by atoms with Crippen LogP contribution in [0.2, 0.25) is 0 Å². The molecule has 0 aromatic carbocycles. The van der Waals surface area contributed by atoms with Gasteiger partial charge in [-0.25, -0.2) is 5.90 Å². The van der Waals surface area contributed by atoms with Crippen molar-refractivity contribution in [1.29, 1.82) is 0 Å². The highest BCUT2D eigenvalue weighted by Gasteiger charge is 2.30. The highest BCUT2D eigenvalue weighted by molar-refractivity contribution is 4.82. The van der Waals surface area contributed by atoms with E-state index in [1.54, 1.807) is 0 Å². The summed E-state index contributed by atoms with van der Waals surface area (Å²) in [4.78, 5) is 6.88. The lowest BCUT2D eigenvalue weighted by Gasteiger charge is -2.37. The molecule has 84 valence electrons. The molecule has 0 aliphatic carbocycles. The first-order valence-corrected chi connectivity index (χ1v) is 5.30. The Morgan fingerprint density at radius 2 is 2.00 bits per heavy atom. The van der Waals surface area contributed by atoms with Crippen LogP contribution in [-0.4, -0.2) is 41.8 Å². The number of nitrogens with zero attached hydrogens (tertiary/aromatic N) is 1. The molecule has 3 N–H and O–H groups in total. The summed E-state index contributed by atoms with van der Waals surface area (Å²) in [6.45, 7) is 7.37. The normalized spacial score (nSPS) is 21.4. The van der Waals surface area contributed by atoms with Crippen LogP contribution < -0.4 is 5.90 Å². The van der Waals surface area contributed by atoms with Gasteiger partial charge in [-0.3, -0.25) is 0 Å². The SMILES string of the molecule is CC(C)(O)C1CCN(CCON)CC1. The third-order valence-electron chi connectivity index (χ3n) is 3.11. The molecule has 0 bridgehead atoms. The van der Waals surface area contributed by atoms with E-state index >= 15 is 0 Å². The Labute approximate surface area is 86.0 Å². The van der Waals surface area contributed by atoms with Crippen molar-refractivity contribution in [2.45, 2.75) is 32.3 Å². The van der Waals surface area contributed by atoms with Crippen molar-refractivity contribution in [3.05, 3.63) is 0 Å². The Kier molecular flexibility index (Phi) is 4.31. The van der Waals surface area contributed by atoms with E-state index in [4.69, 9.17) is 5.90 Å². The van der Waals surface area contributed by atoms with Crippen molar-refractivity contribution in [2.75, 3.05) is 26.2 Å². The Morgan fingerprint density at radius 3 is 2.43 bits per heavy atom. The van der Waals surface area contributed by atoms with Gasteiger partial charge >= 0.3 is 0 Å². The lowest BCUT2D eigenvalue weighted by molar-refractivity contribution is -0.0162. The van der Waals surface area contributed by atoms with Gasteiger partial charge in [0.1, 0.15) is 0 Å². The molecule has 1 saturated heterocycles. The molecule has 0 aromatic heterocycles. The van der Waals surface area contributed by atoms with Gasteiger partial charge in [0.05, 0.1) is 12.2 Å². The van der Waals surface area contributed by atoms with Crippen molar-refractivity contribution in [3.63, 3.8) is 0 Å². The van der Waals surface area contributed by atoms with E-state index in [-0.39, 0.29) is 0 Å². The number of hydrogen-bond donors (Lipinski definition) is 2. The summed E-state index contributed by atoms with van der Waals surface area (Å²) in [7, 11) is 0. The second kappa shape index (κ2) is 5.07. The first-order valence-electron chi connectivity index (χ1n) is 5.30. The van der Waals surface area contributed by atoms with Crippen molar-refractivity contribution < 1.29 is 9.94 Å². The molecule has 0 atom stereocenters. The van der Waals surface area contributed by atoms with E-state index in [2.05, 4.69) is 9.74 Å². The van der Waals surface area contributed by atoms with Crippen molar-refractivity contribution >= 4 is 0 Å². The minimum Gasteiger partial charge on any atom is -0.390 e. The molecule has 1 aliphatic heterocycles. The van der Waals surface area contributed by atoms with Crippen LogP contribution in [0.3, 0.4) is 0 Å². The molecule has 14 heavy (non-hydrogen) atoms. The van der Waals surface area contributed by atoms with Crippen LogP contribution in [0.5, 0.6) is 0 Å². The molecular weight excluding hydrogens is 180 g/mol. The summed E-state index contributed by atoms with van der Waals surface area (Å²) in [6, 6.07) is 0. The molecule has 0 aromatic rings. The fraction of sp³-hybridized carbons (Fsp3) is 1.00. The molecule has 4 heteroatoms. The summed E-state index contributed by atoms with van der Waals surface area (Å²) in [5.41, 5.74) is -0.531. The summed E-state index contributed by atoms with van der Waals surface area (Å²) >= 11 is 0. The van der Waals surface area contributed by atoms with Gasteiger partial charge in [0.15, 0.2) is 0 Å². The molecule has 1 heterocycles. The van der Waals surface area contributed by atoms with E-state index in [1.807, 2.05) is 13.8 Å². The number of rotatable bonds is 4. The fourth-order valence-corrected chi connectivity index (χ4v) is 2.04. The van der Waals surface area contributed by atoms with Crippen molar-refractivity contribution in [2.24, 2.45) is 11.8 Å². The predicted octanol–water partition coefficient (Wildman–Crippen LogP) is 0.360. The first kappa shape index (κ1) is 11.9. The van der Waals surface area contributed by atoms with Gasteiger partial charge in [-0.15, -0.1) is 0 Å². The molecule has 1 aliphatic rings. The zero-order valence-electron chi connectivity index (χ0n) is 9.20. The molecule has 0 unspecified atom stereocenters. The second-order valence-electron chi connectivity index (χ2n) is 4.64. The molecule has 4 nitrogen and oxygen atoms in total. The lowest BCUT2D eigenvalue weighted by atomic mass is 9.83. The maximum Gasteiger partial charge on any atom is 0.0806 e. The van der Waals surface area contributed by atoms with E-state index in [0.717, 1.165) is 32.5 Å². The number of hydrogen-bond acceptors (Lipinski definition) is 4. The van der Waals surface area contributed by atoms with Crippen LogP contribution in [0.15, 0.2) is 0 Å². The smallest absolute Gasteiger partial charge is 0.0806 e. The number of aliphatic hydroxyl groups is 1. The average molecular weight is 202 g/mol. The molecular formula is C10H22N2O2. The van der Waals surface area contributed by atoms with E-state index in [1.165, 1.54) is 0 Å². The Balaban J connectivity index is 2.24. The Bertz CT molecular complexity index is 160. The van der Waals surface area contributed by atoms with Crippen LogP contribution in [0.25, 0.3) is 0 Å². The standard InChI is InChI=1S/C10H22N2O2/c1-10(2,13)9-3-5-12(6-4-9)7-8-14-11/h9,13H,3-8,11H2,1-2H3. The molecule has 0 spiro atoms. The zero-order valence-corrected chi connectivity index (χ0v) is 9.20. The van der Waals surface area contributed by atoms with Gasteiger partial charge in [0.25, 0.3) is 0 Å². The van der Waals surface area contributed by atoms with Crippen LogP contribution in [0, 0.1) is 5.92 Å². The van der Waals surface area contributed by atoms with E-state index < -0.39 is 5.60 Å². The molecule has 1 rings (SSSR count). The van der Waals surface area contributed by atoms with Crippen molar-refractivity contribution in [1.82, 2.24) is 4.90 Å². The lowest BCUT2D eigenvalue weighted by Crippen LogP contribution is -2.42. The van der Waals surface area contributed by atoms with Crippen LogP contribution in [0.1, 0.15) is 26.7 Å². The van der Waals surface area contributed by atoms with Crippen LogP contribution in [0.4, 0.5) is 0 Å². The van der Waals surface area contributed by atoms with Gasteiger partial charge in [-0.1, -0.05) is 0 Å². The number of piperidine rings is 1. The summed E-state index contributed by atoms with van der Waals surface area (Å²) in [5.74, 6) is 5.40. The minimum absolute atomic E-state index is 0.428. The monoisotopic (exact) mass is 202 g/mol. The predicted molar refractivity (Wildman–Crippen MR) is 55.6 cm³/mol. The Morgan fingerprint density at radius 1 is 1.43 bits per heavy atom. The largest absolute Gasteiger partial charge is 0.390 e. The zero-order chi connectivity index (χ0) is 10.6. The first-order chi connectivity index (χ1) is 6.54. The Hall–Kier alpha value is -0.160.